The van der Waals surface area contributed by atoms with Gasteiger partial charge in [-0.2, -0.15) is 0 Å². The molecule has 0 aromatic heterocycles. The summed E-state index contributed by atoms with van der Waals surface area (Å²) in [5.41, 5.74) is 8.01. The highest BCUT2D eigenvalue weighted by Gasteiger charge is 2.23. The third-order valence-corrected chi connectivity index (χ3v) is 3.25. The largest absolute Gasteiger partial charge is 0.490 e. The molecule has 2 aromatic rings. The Kier molecular flexibility index (Phi) is 3.13. The van der Waals surface area contributed by atoms with Gasteiger partial charge in [-0.05, 0) is 48.2 Å². The molecule has 0 radical (unpaired) electrons. The number of rotatable bonds is 4. The van der Waals surface area contributed by atoms with Crippen LogP contribution in [0.5, 0.6) is 5.75 Å². The molecule has 3 N–H and O–H groups in total. The molecular formula is C16H17NO2. The molecule has 0 spiro atoms. The lowest BCUT2D eigenvalue weighted by Gasteiger charge is -2.13. The van der Waals surface area contributed by atoms with Crippen molar-refractivity contribution in [2.45, 2.75) is 25.0 Å². The highest BCUT2D eigenvalue weighted by Crippen LogP contribution is 2.30. The molecule has 0 heterocycles. The van der Waals surface area contributed by atoms with Crippen molar-refractivity contribution in [2.75, 3.05) is 5.73 Å². The summed E-state index contributed by atoms with van der Waals surface area (Å²) < 4.78 is 5.74. The Bertz CT molecular complexity index is 561. The van der Waals surface area contributed by atoms with E-state index in [0.717, 1.165) is 29.7 Å². The fraction of sp³-hybridized carbons (Fsp3) is 0.250. The van der Waals surface area contributed by atoms with Crippen molar-refractivity contribution in [2.24, 2.45) is 0 Å². The molecule has 1 aliphatic rings. The molecule has 3 rings (SSSR count). The van der Waals surface area contributed by atoms with Crippen LogP contribution < -0.4 is 10.5 Å². The highest BCUT2D eigenvalue weighted by molar-refractivity contribution is 5.42. The minimum atomic E-state index is -0.650. The van der Waals surface area contributed by atoms with E-state index in [4.69, 9.17) is 10.5 Å². The molecule has 0 bridgehead atoms. The van der Waals surface area contributed by atoms with Gasteiger partial charge in [-0.25, -0.2) is 0 Å². The lowest BCUT2D eigenvalue weighted by molar-refractivity contribution is 0.219. The number of aliphatic hydroxyl groups excluding tert-OH is 1. The van der Waals surface area contributed by atoms with E-state index in [1.807, 2.05) is 36.4 Å². The molecule has 0 aliphatic heterocycles. The van der Waals surface area contributed by atoms with E-state index < -0.39 is 6.10 Å². The first-order valence-electron chi connectivity index (χ1n) is 6.52. The van der Waals surface area contributed by atoms with Crippen LogP contribution in [0.25, 0.3) is 0 Å². The smallest absolute Gasteiger partial charge is 0.120 e. The Morgan fingerprint density at radius 2 is 1.79 bits per heavy atom. The van der Waals surface area contributed by atoms with Gasteiger partial charge in [-0.3, -0.25) is 0 Å². The Morgan fingerprint density at radius 1 is 1.05 bits per heavy atom. The predicted molar refractivity (Wildman–Crippen MR) is 75.0 cm³/mol. The van der Waals surface area contributed by atoms with Crippen LogP contribution in [0.4, 0.5) is 5.69 Å². The Morgan fingerprint density at radius 3 is 2.47 bits per heavy atom. The molecule has 0 amide bonds. The summed E-state index contributed by atoms with van der Waals surface area (Å²) in [6, 6.07) is 14.9. The van der Waals surface area contributed by atoms with E-state index in [1.165, 1.54) is 0 Å². The number of nitrogen functional groups attached to an aromatic ring is 1. The summed E-state index contributed by atoms with van der Waals surface area (Å²) >= 11 is 0. The number of hydrogen-bond donors (Lipinski definition) is 2. The van der Waals surface area contributed by atoms with Gasteiger partial charge in [-0.1, -0.05) is 24.3 Å². The minimum Gasteiger partial charge on any atom is -0.490 e. The average molecular weight is 255 g/mol. The SMILES string of the molecule is Nc1ccc(C(O)c2cccc(OC3CC3)c2)cc1. The van der Waals surface area contributed by atoms with Gasteiger partial charge in [0.25, 0.3) is 0 Å². The zero-order valence-electron chi connectivity index (χ0n) is 10.6. The number of anilines is 1. The van der Waals surface area contributed by atoms with Crippen molar-refractivity contribution in [1.29, 1.82) is 0 Å². The number of hydrogen-bond acceptors (Lipinski definition) is 3. The van der Waals surface area contributed by atoms with Crippen LogP contribution in [-0.4, -0.2) is 11.2 Å². The first-order valence-corrected chi connectivity index (χ1v) is 6.52. The maximum Gasteiger partial charge on any atom is 0.120 e. The molecule has 1 aliphatic carbocycles. The summed E-state index contributed by atoms with van der Waals surface area (Å²) in [7, 11) is 0. The number of nitrogens with two attached hydrogens (primary N) is 1. The van der Waals surface area contributed by atoms with Gasteiger partial charge in [-0.15, -0.1) is 0 Å². The van der Waals surface area contributed by atoms with E-state index in [-0.39, 0.29) is 0 Å². The second-order valence-electron chi connectivity index (χ2n) is 4.96. The van der Waals surface area contributed by atoms with Crippen LogP contribution in [0.1, 0.15) is 30.1 Å². The van der Waals surface area contributed by atoms with Crippen molar-refractivity contribution in [1.82, 2.24) is 0 Å². The maximum absolute atomic E-state index is 10.4. The van der Waals surface area contributed by atoms with Gasteiger partial charge in [0.2, 0.25) is 0 Å². The third-order valence-electron chi connectivity index (χ3n) is 3.25. The number of aliphatic hydroxyl groups is 1. The van der Waals surface area contributed by atoms with Crippen LogP contribution in [0.15, 0.2) is 48.5 Å². The van der Waals surface area contributed by atoms with Crippen LogP contribution in [0.2, 0.25) is 0 Å². The second-order valence-corrected chi connectivity index (χ2v) is 4.96. The summed E-state index contributed by atoms with van der Waals surface area (Å²) in [5.74, 6) is 0.828. The lowest BCUT2D eigenvalue weighted by atomic mass is 10.0. The monoisotopic (exact) mass is 255 g/mol. The first-order chi connectivity index (χ1) is 9.22. The van der Waals surface area contributed by atoms with E-state index in [9.17, 15) is 5.11 Å². The zero-order valence-corrected chi connectivity index (χ0v) is 10.6. The zero-order chi connectivity index (χ0) is 13.2. The molecule has 1 fully saturated rings. The summed E-state index contributed by atoms with van der Waals surface area (Å²) in [6.45, 7) is 0. The van der Waals surface area contributed by atoms with Crippen molar-refractivity contribution in [3.63, 3.8) is 0 Å². The molecule has 19 heavy (non-hydrogen) atoms. The standard InChI is InChI=1S/C16H17NO2/c17-13-6-4-11(5-7-13)16(18)12-2-1-3-15(10-12)19-14-8-9-14/h1-7,10,14,16,18H,8-9,17H2. The normalized spacial score (nSPS) is 16.1. The average Bonchev–Trinajstić information content (AvgIpc) is 3.23. The maximum atomic E-state index is 10.4. The fourth-order valence-corrected chi connectivity index (χ4v) is 2.01. The Hall–Kier alpha value is -2.00. The molecule has 3 nitrogen and oxygen atoms in total. The van der Waals surface area contributed by atoms with Gasteiger partial charge in [0.15, 0.2) is 0 Å². The van der Waals surface area contributed by atoms with E-state index in [1.54, 1.807) is 12.1 Å². The quantitative estimate of drug-likeness (QED) is 0.826. The fourth-order valence-electron chi connectivity index (χ4n) is 2.01. The first kappa shape index (κ1) is 12.1. The number of ether oxygens (including phenoxy) is 1. The van der Waals surface area contributed by atoms with Crippen LogP contribution in [0, 0.1) is 0 Å². The predicted octanol–water partition coefficient (Wildman–Crippen LogP) is 2.89. The Balaban J connectivity index is 1.81. The van der Waals surface area contributed by atoms with Gasteiger partial charge >= 0.3 is 0 Å². The molecule has 1 saturated carbocycles. The molecule has 1 atom stereocenters. The van der Waals surface area contributed by atoms with Crippen molar-refractivity contribution in [3.05, 3.63) is 59.7 Å². The summed E-state index contributed by atoms with van der Waals surface area (Å²) in [4.78, 5) is 0. The van der Waals surface area contributed by atoms with Crippen LogP contribution >= 0.6 is 0 Å². The number of benzene rings is 2. The van der Waals surface area contributed by atoms with Crippen LogP contribution in [0.3, 0.4) is 0 Å². The van der Waals surface area contributed by atoms with Gasteiger partial charge < -0.3 is 15.6 Å². The topological polar surface area (TPSA) is 55.5 Å². The third kappa shape index (κ3) is 2.88. The Labute approximate surface area is 112 Å². The van der Waals surface area contributed by atoms with E-state index in [0.29, 0.717) is 11.8 Å². The molecule has 98 valence electrons. The van der Waals surface area contributed by atoms with Crippen molar-refractivity contribution < 1.29 is 9.84 Å². The summed E-state index contributed by atoms with van der Waals surface area (Å²) in [6.07, 6.45) is 1.97. The van der Waals surface area contributed by atoms with Crippen molar-refractivity contribution in [3.8, 4) is 5.75 Å². The molecule has 3 heteroatoms. The molecule has 0 saturated heterocycles. The van der Waals surface area contributed by atoms with Crippen molar-refractivity contribution >= 4 is 5.69 Å². The van der Waals surface area contributed by atoms with Gasteiger partial charge in [0.05, 0.1) is 6.10 Å². The summed E-state index contributed by atoms with van der Waals surface area (Å²) in [5, 5.41) is 10.4. The molecular weight excluding hydrogens is 238 g/mol. The molecule has 1 unspecified atom stereocenters. The lowest BCUT2D eigenvalue weighted by Crippen LogP contribution is -2.01. The van der Waals surface area contributed by atoms with E-state index >= 15 is 0 Å². The molecule has 2 aromatic carbocycles. The van der Waals surface area contributed by atoms with Gasteiger partial charge in [0.1, 0.15) is 11.9 Å². The second kappa shape index (κ2) is 4.94. The highest BCUT2D eigenvalue weighted by atomic mass is 16.5. The van der Waals surface area contributed by atoms with Crippen LogP contribution in [-0.2, 0) is 0 Å². The van der Waals surface area contributed by atoms with E-state index in [2.05, 4.69) is 0 Å². The van der Waals surface area contributed by atoms with Gasteiger partial charge in [0, 0.05) is 5.69 Å². The minimum absolute atomic E-state index is 0.365.